The van der Waals surface area contributed by atoms with Gasteiger partial charge in [0.1, 0.15) is 5.75 Å². The third-order valence-corrected chi connectivity index (χ3v) is 3.27. The van der Waals surface area contributed by atoms with E-state index in [9.17, 15) is 0 Å². The predicted octanol–water partition coefficient (Wildman–Crippen LogP) is 2.12. The monoisotopic (exact) mass is 221 g/mol. The molecule has 0 unspecified atom stereocenters. The molecule has 2 rings (SSSR count). The number of methoxy groups -OCH3 is 1. The van der Waals surface area contributed by atoms with Crippen LogP contribution < -0.4 is 10.5 Å². The first-order valence-corrected chi connectivity index (χ1v) is 5.79. The molecule has 1 fully saturated rings. The normalized spacial score (nSPS) is 19.4. The molecule has 0 radical (unpaired) electrons. The van der Waals surface area contributed by atoms with E-state index in [0.29, 0.717) is 5.92 Å². The number of hydrogen-bond donors (Lipinski definition) is 1. The van der Waals surface area contributed by atoms with Crippen molar-refractivity contribution < 1.29 is 9.47 Å². The minimum atomic E-state index is 0.0556. The standard InChI is InChI=1S/C13H19NO2/c1-15-12-5-3-2-4-11(12)13(14)10-6-8-16-9-7-10/h2-5,10,13H,6-9,14H2,1H3/t13-/m0/s1. The van der Waals surface area contributed by atoms with Gasteiger partial charge in [-0.1, -0.05) is 18.2 Å². The van der Waals surface area contributed by atoms with Crippen molar-refractivity contribution in [3.63, 3.8) is 0 Å². The highest BCUT2D eigenvalue weighted by molar-refractivity contribution is 5.36. The van der Waals surface area contributed by atoms with Crippen LogP contribution in [0.5, 0.6) is 5.75 Å². The first kappa shape index (κ1) is 11.4. The highest BCUT2D eigenvalue weighted by Gasteiger charge is 2.24. The van der Waals surface area contributed by atoms with E-state index in [0.717, 1.165) is 37.4 Å². The molecule has 1 heterocycles. The van der Waals surface area contributed by atoms with E-state index in [-0.39, 0.29) is 6.04 Å². The van der Waals surface area contributed by atoms with Gasteiger partial charge in [-0.05, 0) is 24.8 Å². The summed E-state index contributed by atoms with van der Waals surface area (Å²) in [6.07, 6.45) is 2.08. The summed E-state index contributed by atoms with van der Waals surface area (Å²) in [5, 5.41) is 0. The molecule has 16 heavy (non-hydrogen) atoms. The molecule has 0 bridgehead atoms. The van der Waals surface area contributed by atoms with Crippen LogP contribution in [0.2, 0.25) is 0 Å². The van der Waals surface area contributed by atoms with Crippen LogP contribution >= 0.6 is 0 Å². The van der Waals surface area contributed by atoms with Gasteiger partial charge in [-0.2, -0.15) is 0 Å². The SMILES string of the molecule is COc1ccccc1[C@@H](N)C1CCOCC1. The minimum absolute atomic E-state index is 0.0556. The summed E-state index contributed by atoms with van der Waals surface area (Å²) < 4.78 is 10.7. The third-order valence-electron chi connectivity index (χ3n) is 3.27. The summed E-state index contributed by atoms with van der Waals surface area (Å²) >= 11 is 0. The Bertz CT molecular complexity index is 334. The maximum absolute atomic E-state index is 6.31. The molecule has 0 spiro atoms. The Labute approximate surface area is 96.5 Å². The number of rotatable bonds is 3. The summed E-state index contributed by atoms with van der Waals surface area (Å²) in [6.45, 7) is 1.65. The van der Waals surface area contributed by atoms with Gasteiger partial charge in [0.15, 0.2) is 0 Å². The summed E-state index contributed by atoms with van der Waals surface area (Å²) in [7, 11) is 1.69. The zero-order chi connectivity index (χ0) is 11.4. The lowest BCUT2D eigenvalue weighted by atomic mass is 9.87. The molecular weight excluding hydrogens is 202 g/mol. The third kappa shape index (κ3) is 2.36. The number of ether oxygens (including phenoxy) is 2. The van der Waals surface area contributed by atoms with Crippen LogP contribution in [0.25, 0.3) is 0 Å². The van der Waals surface area contributed by atoms with Gasteiger partial charge < -0.3 is 15.2 Å². The van der Waals surface area contributed by atoms with E-state index >= 15 is 0 Å². The molecule has 0 amide bonds. The van der Waals surface area contributed by atoms with Gasteiger partial charge in [0.05, 0.1) is 7.11 Å². The van der Waals surface area contributed by atoms with Crippen LogP contribution in [0.15, 0.2) is 24.3 Å². The van der Waals surface area contributed by atoms with Gasteiger partial charge in [-0.3, -0.25) is 0 Å². The summed E-state index contributed by atoms with van der Waals surface area (Å²) in [5.41, 5.74) is 7.42. The van der Waals surface area contributed by atoms with Crippen LogP contribution in [-0.2, 0) is 4.74 Å². The molecule has 88 valence electrons. The fourth-order valence-electron chi connectivity index (χ4n) is 2.27. The van der Waals surface area contributed by atoms with Crippen molar-refractivity contribution in [2.45, 2.75) is 18.9 Å². The van der Waals surface area contributed by atoms with E-state index in [1.807, 2.05) is 18.2 Å². The van der Waals surface area contributed by atoms with Crippen molar-refractivity contribution >= 4 is 0 Å². The zero-order valence-corrected chi connectivity index (χ0v) is 9.69. The highest BCUT2D eigenvalue weighted by atomic mass is 16.5. The lowest BCUT2D eigenvalue weighted by molar-refractivity contribution is 0.0581. The van der Waals surface area contributed by atoms with Crippen molar-refractivity contribution in [3.8, 4) is 5.75 Å². The summed E-state index contributed by atoms with van der Waals surface area (Å²) in [5.74, 6) is 1.39. The highest BCUT2D eigenvalue weighted by Crippen LogP contribution is 2.32. The first-order valence-electron chi connectivity index (χ1n) is 5.79. The lowest BCUT2D eigenvalue weighted by Crippen LogP contribution is -2.27. The van der Waals surface area contributed by atoms with Crippen molar-refractivity contribution in [2.24, 2.45) is 11.7 Å². The first-order chi connectivity index (χ1) is 7.83. The smallest absolute Gasteiger partial charge is 0.123 e. The van der Waals surface area contributed by atoms with Crippen LogP contribution in [0.3, 0.4) is 0 Å². The van der Waals surface area contributed by atoms with E-state index in [1.54, 1.807) is 7.11 Å². The van der Waals surface area contributed by atoms with Gasteiger partial charge in [-0.25, -0.2) is 0 Å². The van der Waals surface area contributed by atoms with Gasteiger partial charge in [0.25, 0.3) is 0 Å². The molecule has 1 saturated heterocycles. The molecule has 3 nitrogen and oxygen atoms in total. The predicted molar refractivity (Wildman–Crippen MR) is 63.5 cm³/mol. The average Bonchev–Trinajstić information content (AvgIpc) is 2.39. The van der Waals surface area contributed by atoms with Crippen molar-refractivity contribution in [2.75, 3.05) is 20.3 Å². The molecule has 2 N–H and O–H groups in total. The lowest BCUT2D eigenvalue weighted by Gasteiger charge is -2.28. The fraction of sp³-hybridized carbons (Fsp3) is 0.538. The second-order valence-corrected chi connectivity index (χ2v) is 4.22. The van der Waals surface area contributed by atoms with Crippen molar-refractivity contribution in [3.05, 3.63) is 29.8 Å². The number of para-hydroxylation sites is 1. The van der Waals surface area contributed by atoms with Crippen molar-refractivity contribution in [1.82, 2.24) is 0 Å². The quantitative estimate of drug-likeness (QED) is 0.850. The topological polar surface area (TPSA) is 44.5 Å². The molecular formula is C13H19NO2. The molecule has 0 saturated carbocycles. The van der Waals surface area contributed by atoms with Gasteiger partial charge in [0.2, 0.25) is 0 Å². The zero-order valence-electron chi connectivity index (χ0n) is 9.69. The Morgan fingerprint density at radius 3 is 2.69 bits per heavy atom. The molecule has 1 atom stereocenters. The fourth-order valence-corrected chi connectivity index (χ4v) is 2.27. The number of benzene rings is 1. The van der Waals surface area contributed by atoms with Gasteiger partial charge >= 0.3 is 0 Å². The molecule has 1 aromatic carbocycles. The Morgan fingerprint density at radius 1 is 1.31 bits per heavy atom. The Balaban J connectivity index is 2.15. The van der Waals surface area contributed by atoms with Crippen LogP contribution in [0.4, 0.5) is 0 Å². The van der Waals surface area contributed by atoms with E-state index in [2.05, 4.69) is 6.07 Å². The minimum Gasteiger partial charge on any atom is -0.496 e. The molecule has 1 aliphatic heterocycles. The van der Waals surface area contributed by atoms with Crippen LogP contribution in [-0.4, -0.2) is 20.3 Å². The molecule has 1 aliphatic rings. The molecule has 0 aromatic heterocycles. The second kappa shape index (κ2) is 5.32. The van der Waals surface area contributed by atoms with E-state index in [1.165, 1.54) is 0 Å². The maximum Gasteiger partial charge on any atom is 0.123 e. The van der Waals surface area contributed by atoms with E-state index in [4.69, 9.17) is 15.2 Å². The average molecular weight is 221 g/mol. The summed E-state index contributed by atoms with van der Waals surface area (Å²) in [4.78, 5) is 0. The van der Waals surface area contributed by atoms with Crippen LogP contribution in [0, 0.1) is 5.92 Å². The molecule has 0 aliphatic carbocycles. The maximum atomic E-state index is 6.31. The molecule has 3 heteroatoms. The van der Waals surface area contributed by atoms with E-state index < -0.39 is 0 Å². The second-order valence-electron chi connectivity index (χ2n) is 4.22. The van der Waals surface area contributed by atoms with Crippen LogP contribution in [0.1, 0.15) is 24.4 Å². The number of hydrogen-bond acceptors (Lipinski definition) is 3. The van der Waals surface area contributed by atoms with Gasteiger partial charge in [-0.15, -0.1) is 0 Å². The van der Waals surface area contributed by atoms with Crippen molar-refractivity contribution in [1.29, 1.82) is 0 Å². The Hall–Kier alpha value is -1.06. The summed E-state index contributed by atoms with van der Waals surface area (Å²) in [6, 6.07) is 8.06. The molecule has 1 aromatic rings. The Kier molecular flexibility index (Phi) is 3.80. The number of nitrogens with two attached hydrogens (primary N) is 1. The largest absolute Gasteiger partial charge is 0.496 e. The van der Waals surface area contributed by atoms with Gasteiger partial charge in [0, 0.05) is 24.8 Å². The Morgan fingerprint density at radius 2 is 2.00 bits per heavy atom.